The van der Waals surface area contributed by atoms with Crippen LogP contribution in [0.1, 0.15) is 60.5 Å². The molecule has 0 aliphatic rings. The van der Waals surface area contributed by atoms with E-state index in [1.54, 1.807) is 66.7 Å². The fourth-order valence-electron chi connectivity index (χ4n) is 4.81. The van der Waals surface area contributed by atoms with E-state index in [1.165, 1.54) is 26.2 Å². The largest absolute Gasteiger partial charge is 0.398 e. The maximum atomic E-state index is 12.5. The van der Waals surface area contributed by atoms with Crippen LogP contribution in [0.25, 0.3) is 21.8 Å². The average molecular weight is 739 g/mol. The van der Waals surface area contributed by atoms with E-state index >= 15 is 0 Å². The molecule has 0 aliphatic carbocycles. The summed E-state index contributed by atoms with van der Waals surface area (Å²) in [5.41, 5.74) is 10.7. The zero-order chi connectivity index (χ0) is 37.2. The number of nitrogen functional groups attached to an aromatic ring is 1. The summed E-state index contributed by atoms with van der Waals surface area (Å²) < 4.78 is 0. The number of nitrogens with two attached hydrogens (primary N) is 1. The molecule has 0 aliphatic heterocycles. The van der Waals surface area contributed by atoms with Crippen molar-refractivity contribution in [1.82, 2.24) is 9.97 Å². The molecule has 0 bridgehead atoms. The number of hydrogen-bond acceptors (Lipinski definition) is 7. The summed E-state index contributed by atoms with van der Waals surface area (Å²) in [6.07, 6.45) is 2.83. The number of aromatic amines is 2. The molecule has 0 saturated heterocycles. The smallest absolute Gasteiger partial charge is 0.261 e. The molecule has 0 spiro atoms. The first-order chi connectivity index (χ1) is 24.2. The number of anilines is 4. The summed E-state index contributed by atoms with van der Waals surface area (Å²) >= 11 is 4.64. The van der Waals surface area contributed by atoms with E-state index in [1.807, 2.05) is 32.0 Å². The number of nitrogens with one attached hydrogen (secondary N) is 5. The van der Waals surface area contributed by atoms with Crippen LogP contribution in [0.4, 0.5) is 22.7 Å². The summed E-state index contributed by atoms with van der Waals surface area (Å²) in [5, 5.41) is 8.67. The fraction of sp³-hybridized carbons (Fsp3) is 0.150. The minimum atomic E-state index is -0.510. The molecule has 2 heterocycles. The second-order valence-corrected chi connectivity index (χ2v) is 11.8. The summed E-state index contributed by atoms with van der Waals surface area (Å²) in [4.78, 5) is 76.0. The predicted molar refractivity (Wildman–Crippen MR) is 216 cm³/mol. The Kier molecular flexibility index (Phi) is 15.4. The van der Waals surface area contributed by atoms with Crippen LogP contribution in [0, 0.1) is 13.8 Å². The van der Waals surface area contributed by atoms with Gasteiger partial charge in [0.05, 0.1) is 0 Å². The Morgan fingerprint density at radius 1 is 0.623 bits per heavy atom. The molecule has 4 aromatic carbocycles. The number of carbonyl (C=O) groups excluding carboxylic acids is 4. The summed E-state index contributed by atoms with van der Waals surface area (Å²) in [6, 6.07) is 24.5. The molecule has 2 aromatic heterocycles. The van der Waals surface area contributed by atoms with Crippen molar-refractivity contribution in [1.29, 1.82) is 0 Å². The van der Waals surface area contributed by atoms with E-state index < -0.39 is 11.8 Å². The lowest BCUT2D eigenvalue weighted by Gasteiger charge is -2.10. The van der Waals surface area contributed by atoms with E-state index in [-0.39, 0.29) is 48.0 Å². The molecule has 6 rings (SSSR count). The Morgan fingerprint density at radius 3 is 1.47 bits per heavy atom. The number of amides is 3. The van der Waals surface area contributed by atoms with Crippen molar-refractivity contribution in [2.24, 2.45) is 0 Å². The molecule has 3 amide bonds. The van der Waals surface area contributed by atoms with Crippen LogP contribution in [0.2, 0.25) is 0 Å². The van der Waals surface area contributed by atoms with Gasteiger partial charge in [0.1, 0.15) is 11.1 Å². The van der Waals surface area contributed by atoms with Gasteiger partial charge in [-0.2, -0.15) is 0 Å². The Bertz CT molecular complexity index is 2400. The SMILES string of the molecule is C.C.CC(=O)Cl.CC(=O)Nc1cc(NC(=O)c2c[nH]c3ccccc3c2=O)ccc1C.Cc1ccc(NC(=O)c2c[nH]c3ccccc3c2=O)cc1N. The zero-order valence-electron chi connectivity index (χ0n) is 28.1. The topological polar surface area (TPSA) is 196 Å². The number of para-hydroxylation sites is 2. The number of carbonyl (C=O) groups is 4. The summed E-state index contributed by atoms with van der Waals surface area (Å²) in [6.45, 7) is 6.45. The van der Waals surface area contributed by atoms with Gasteiger partial charge in [0.15, 0.2) is 0 Å². The molecule has 7 N–H and O–H groups in total. The standard InChI is InChI=1S/C19H17N3O3.C17H15N3O2.C2H3ClO.2CH4/c1-11-7-8-13(9-17(11)21-12(2)23)22-19(25)15-10-20-16-6-4-3-5-14(16)18(15)24;1-10-6-7-11(8-14(10)18)20-17(22)13-9-19-15-5-3-2-4-12(15)16(13)21;1-2(3)4;;/h3-10H,1-2H3,(H,20,24)(H,21,23)(H,22,25);2-9H,18H2,1H3,(H,19,21)(H,20,22);1H3;2*1H4. The van der Waals surface area contributed by atoms with Gasteiger partial charge in [-0.25, -0.2) is 0 Å². The number of hydrogen-bond donors (Lipinski definition) is 6. The van der Waals surface area contributed by atoms with Gasteiger partial charge < -0.3 is 31.7 Å². The highest BCUT2D eigenvalue weighted by atomic mass is 35.5. The van der Waals surface area contributed by atoms with Gasteiger partial charge >= 0.3 is 0 Å². The molecular weight excluding hydrogens is 696 g/mol. The van der Waals surface area contributed by atoms with E-state index in [4.69, 9.17) is 5.73 Å². The minimum absolute atomic E-state index is 0. The van der Waals surface area contributed by atoms with Crippen molar-refractivity contribution >= 4 is 79.1 Å². The molecule has 13 heteroatoms. The minimum Gasteiger partial charge on any atom is -0.398 e. The van der Waals surface area contributed by atoms with Crippen molar-refractivity contribution in [3.8, 4) is 0 Å². The summed E-state index contributed by atoms with van der Waals surface area (Å²) in [7, 11) is 0. The highest BCUT2D eigenvalue weighted by Gasteiger charge is 2.15. The van der Waals surface area contributed by atoms with Crippen molar-refractivity contribution in [3.05, 3.63) is 140 Å². The highest BCUT2D eigenvalue weighted by Crippen LogP contribution is 2.21. The number of rotatable bonds is 5. The second-order valence-electron chi connectivity index (χ2n) is 11.3. The number of halogens is 1. The zero-order valence-corrected chi connectivity index (χ0v) is 28.9. The quantitative estimate of drug-likeness (QED) is 0.0767. The van der Waals surface area contributed by atoms with Gasteiger partial charge in [-0.15, -0.1) is 0 Å². The number of benzene rings is 4. The number of aryl methyl sites for hydroxylation is 2. The predicted octanol–water partition coefficient (Wildman–Crippen LogP) is 7.76. The van der Waals surface area contributed by atoms with Crippen LogP contribution in [-0.2, 0) is 9.59 Å². The van der Waals surface area contributed by atoms with Crippen LogP contribution >= 0.6 is 11.6 Å². The Balaban J connectivity index is 0.000000324. The first-order valence-corrected chi connectivity index (χ1v) is 15.9. The van der Waals surface area contributed by atoms with Gasteiger partial charge in [-0.1, -0.05) is 51.3 Å². The van der Waals surface area contributed by atoms with Crippen molar-refractivity contribution in [3.63, 3.8) is 0 Å². The van der Waals surface area contributed by atoms with Crippen LogP contribution in [0.3, 0.4) is 0 Å². The van der Waals surface area contributed by atoms with Gasteiger partial charge in [-0.3, -0.25) is 28.8 Å². The van der Waals surface area contributed by atoms with E-state index in [0.29, 0.717) is 44.6 Å². The Hall–Kier alpha value is -6.53. The maximum absolute atomic E-state index is 12.5. The molecule has 6 aromatic rings. The molecule has 0 radical (unpaired) electrons. The molecular formula is C40H43ClN6O6. The van der Waals surface area contributed by atoms with Crippen molar-refractivity contribution in [2.45, 2.75) is 42.5 Å². The van der Waals surface area contributed by atoms with Crippen LogP contribution in [0.5, 0.6) is 0 Å². The molecule has 0 atom stereocenters. The highest BCUT2D eigenvalue weighted by molar-refractivity contribution is 6.62. The second kappa shape index (κ2) is 19.2. The molecule has 0 fully saturated rings. The van der Waals surface area contributed by atoms with Crippen LogP contribution in [-0.4, -0.2) is 32.9 Å². The molecule has 276 valence electrons. The maximum Gasteiger partial charge on any atom is 0.261 e. The van der Waals surface area contributed by atoms with Gasteiger partial charge in [0.25, 0.3) is 11.8 Å². The van der Waals surface area contributed by atoms with Crippen LogP contribution in [0.15, 0.2) is 107 Å². The first-order valence-electron chi connectivity index (χ1n) is 15.5. The molecule has 53 heavy (non-hydrogen) atoms. The number of fused-ring (bicyclic) bond motifs is 2. The van der Waals surface area contributed by atoms with E-state index in [2.05, 4.69) is 37.5 Å². The van der Waals surface area contributed by atoms with Crippen molar-refractivity contribution < 1.29 is 19.2 Å². The van der Waals surface area contributed by atoms with Gasteiger partial charge in [0.2, 0.25) is 22.0 Å². The lowest BCUT2D eigenvalue weighted by molar-refractivity contribution is -0.114. The van der Waals surface area contributed by atoms with E-state index in [0.717, 1.165) is 11.1 Å². The summed E-state index contributed by atoms with van der Waals surface area (Å²) in [5.74, 6) is -1.17. The molecule has 0 unspecified atom stereocenters. The van der Waals surface area contributed by atoms with Crippen LogP contribution < -0.4 is 32.5 Å². The normalized spacial score (nSPS) is 9.83. The lowest BCUT2D eigenvalue weighted by atomic mass is 10.1. The third kappa shape index (κ3) is 11.2. The Morgan fingerprint density at radius 2 is 1.04 bits per heavy atom. The lowest BCUT2D eigenvalue weighted by Crippen LogP contribution is -2.22. The van der Waals surface area contributed by atoms with E-state index in [9.17, 15) is 28.8 Å². The fourth-order valence-corrected chi connectivity index (χ4v) is 4.81. The van der Waals surface area contributed by atoms with Gasteiger partial charge in [0, 0.05) is 70.8 Å². The third-order valence-electron chi connectivity index (χ3n) is 7.41. The number of H-pyrrole nitrogens is 2. The van der Waals surface area contributed by atoms with Gasteiger partial charge in [-0.05, 0) is 85.1 Å². The number of pyridine rings is 2. The monoisotopic (exact) mass is 738 g/mol. The first kappa shape index (κ1) is 42.6. The number of aromatic nitrogens is 2. The average Bonchev–Trinajstić information content (AvgIpc) is 3.08. The third-order valence-corrected chi connectivity index (χ3v) is 7.41. The molecule has 0 saturated carbocycles. The van der Waals surface area contributed by atoms with Crippen molar-refractivity contribution in [2.75, 3.05) is 21.7 Å². The Labute approximate surface area is 311 Å². The molecule has 12 nitrogen and oxygen atoms in total.